The molecule has 0 bridgehead atoms. The molecule has 0 unspecified atom stereocenters. The van der Waals surface area contributed by atoms with Crippen molar-refractivity contribution in [2.45, 2.75) is 18.9 Å². The maximum absolute atomic E-state index is 10.1. The summed E-state index contributed by atoms with van der Waals surface area (Å²) in [5, 5.41) is 4.64. The third-order valence-electron chi connectivity index (χ3n) is 0.908. The van der Waals surface area contributed by atoms with Crippen LogP contribution in [0.5, 0.6) is 0 Å². The zero-order chi connectivity index (χ0) is 6.20. The highest BCUT2D eigenvalue weighted by molar-refractivity contribution is 7.87. The van der Waals surface area contributed by atoms with Gasteiger partial charge in [0.05, 0.1) is 0 Å². The Morgan fingerprint density at radius 2 is 2.00 bits per heavy atom. The summed E-state index contributed by atoms with van der Waals surface area (Å²) in [5.74, 6) is 0. The van der Waals surface area contributed by atoms with E-state index < -0.39 is 10.2 Å². The first-order valence-electron chi connectivity index (χ1n) is 2.38. The summed E-state index contributed by atoms with van der Waals surface area (Å²) in [4.78, 5) is 0. The number of nitrogens with two attached hydrogens (primary N) is 1. The Morgan fingerprint density at radius 3 is 2.12 bits per heavy atom. The minimum atomic E-state index is -3.41. The molecule has 4 nitrogen and oxygen atoms in total. The van der Waals surface area contributed by atoms with E-state index in [9.17, 15) is 8.42 Å². The molecule has 8 heavy (non-hydrogen) atoms. The normalized spacial score (nSPS) is 21.1. The average molecular weight is 136 g/mol. The number of rotatable bonds is 2. The van der Waals surface area contributed by atoms with E-state index in [0.29, 0.717) is 0 Å². The molecular formula is C3H8N2O2S. The molecule has 0 aromatic heterocycles. The molecule has 0 aromatic rings. The van der Waals surface area contributed by atoms with Crippen LogP contribution < -0.4 is 9.86 Å². The topological polar surface area (TPSA) is 72.2 Å². The fourth-order valence-corrected chi connectivity index (χ4v) is 1.13. The van der Waals surface area contributed by atoms with Gasteiger partial charge in [0.2, 0.25) is 0 Å². The molecule has 0 spiro atoms. The molecule has 1 aliphatic rings. The Kier molecular flexibility index (Phi) is 1.26. The van der Waals surface area contributed by atoms with Gasteiger partial charge in [0.15, 0.2) is 0 Å². The predicted octanol–water partition coefficient (Wildman–Crippen LogP) is -1.06. The standard InChI is InChI=1S/C3H8N2O2S/c4-8(6,7)5-3-1-2-3/h3,5H,1-2H2,(H2,4,6,7). The Morgan fingerprint density at radius 1 is 1.50 bits per heavy atom. The van der Waals surface area contributed by atoms with Crippen LogP contribution >= 0.6 is 0 Å². The molecular weight excluding hydrogens is 128 g/mol. The van der Waals surface area contributed by atoms with Crippen LogP contribution in [-0.2, 0) is 10.2 Å². The second-order valence-corrected chi connectivity index (χ2v) is 3.26. The van der Waals surface area contributed by atoms with Crippen LogP contribution in [0.1, 0.15) is 12.8 Å². The molecule has 1 aliphatic carbocycles. The Balaban J connectivity index is 2.38. The van der Waals surface area contributed by atoms with Gasteiger partial charge in [0.25, 0.3) is 10.2 Å². The second-order valence-electron chi connectivity index (χ2n) is 1.94. The first kappa shape index (κ1) is 6.00. The summed E-state index contributed by atoms with van der Waals surface area (Å²) in [6.07, 6.45) is 1.85. The molecule has 1 saturated carbocycles. The van der Waals surface area contributed by atoms with Crippen molar-refractivity contribution in [3.05, 3.63) is 0 Å². The lowest BCUT2D eigenvalue weighted by Crippen LogP contribution is -2.32. The van der Waals surface area contributed by atoms with Gasteiger partial charge in [-0.15, -0.1) is 0 Å². The first-order chi connectivity index (χ1) is 3.58. The van der Waals surface area contributed by atoms with Crippen LogP contribution in [-0.4, -0.2) is 14.5 Å². The summed E-state index contributed by atoms with van der Waals surface area (Å²) in [6.45, 7) is 0. The van der Waals surface area contributed by atoms with Crippen LogP contribution in [0.3, 0.4) is 0 Å². The first-order valence-corrected chi connectivity index (χ1v) is 3.92. The molecule has 0 atom stereocenters. The molecule has 0 aromatic carbocycles. The lowest BCUT2D eigenvalue weighted by atomic mass is 10.8. The van der Waals surface area contributed by atoms with Crippen LogP contribution in [0.15, 0.2) is 0 Å². The van der Waals surface area contributed by atoms with Crippen LogP contribution in [0.2, 0.25) is 0 Å². The van der Waals surface area contributed by atoms with Crippen molar-refractivity contribution in [2.24, 2.45) is 5.14 Å². The highest BCUT2D eigenvalue weighted by Gasteiger charge is 2.24. The summed E-state index contributed by atoms with van der Waals surface area (Å²) in [5.41, 5.74) is 0. The lowest BCUT2D eigenvalue weighted by Gasteiger charge is -1.93. The zero-order valence-electron chi connectivity index (χ0n) is 4.29. The van der Waals surface area contributed by atoms with Gasteiger partial charge in [0.1, 0.15) is 0 Å². The molecule has 0 heterocycles. The van der Waals surface area contributed by atoms with Gasteiger partial charge in [-0.3, -0.25) is 0 Å². The summed E-state index contributed by atoms with van der Waals surface area (Å²) in [7, 11) is -3.41. The lowest BCUT2D eigenvalue weighted by molar-refractivity contribution is 0.583. The Bertz CT molecular complexity index is 170. The number of nitrogens with one attached hydrogen (secondary N) is 1. The van der Waals surface area contributed by atoms with Crippen molar-refractivity contribution in [1.82, 2.24) is 4.72 Å². The zero-order valence-corrected chi connectivity index (χ0v) is 5.11. The molecule has 0 saturated heterocycles. The van der Waals surface area contributed by atoms with E-state index in [4.69, 9.17) is 0 Å². The minimum Gasteiger partial charge on any atom is -0.216 e. The van der Waals surface area contributed by atoms with Gasteiger partial charge in [-0.25, -0.2) is 5.14 Å². The smallest absolute Gasteiger partial charge is 0.216 e. The summed E-state index contributed by atoms with van der Waals surface area (Å²) in [6, 6.07) is 0.130. The van der Waals surface area contributed by atoms with Crippen molar-refractivity contribution in [1.29, 1.82) is 0 Å². The summed E-state index contributed by atoms with van der Waals surface area (Å²) >= 11 is 0. The van der Waals surface area contributed by atoms with E-state index in [1.807, 2.05) is 0 Å². The van der Waals surface area contributed by atoms with Crippen molar-refractivity contribution in [2.75, 3.05) is 0 Å². The molecule has 1 rings (SSSR count). The monoisotopic (exact) mass is 136 g/mol. The highest BCUT2D eigenvalue weighted by Crippen LogP contribution is 2.18. The number of hydrogen-bond acceptors (Lipinski definition) is 2. The fourth-order valence-electron chi connectivity index (χ4n) is 0.433. The average Bonchev–Trinajstić information content (AvgIpc) is 2.12. The van der Waals surface area contributed by atoms with Crippen molar-refractivity contribution >= 4 is 10.2 Å². The fraction of sp³-hybridized carbons (Fsp3) is 1.00. The van der Waals surface area contributed by atoms with E-state index in [2.05, 4.69) is 9.86 Å². The maximum atomic E-state index is 10.1. The quantitative estimate of drug-likeness (QED) is 0.508. The van der Waals surface area contributed by atoms with Gasteiger partial charge in [-0.05, 0) is 12.8 Å². The third kappa shape index (κ3) is 2.25. The maximum Gasteiger partial charge on any atom is 0.274 e. The molecule has 5 heteroatoms. The molecule has 1 fully saturated rings. The Labute approximate surface area is 48.2 Å². The van der Waals surface area contributed by atoms with Crippen LogP contribution in [0.4, 0.5) is 0 Å². The SMILES string of the molecule is NS(=O)(=O)NC1CC1. The van der Waals surface area contributed by atoms with E-state index in [1.54, 1.807) is 0 Å². The van der Waals surface area contributed by atoms with Gasteiger partial charge < -0.3 is 0 Å². The van der Waals surface area contributed by atoms with Gasteiger partial charge in [-0.1, -0.05) is 0 Å². The predicted molar refractivity (Wildman–Crippen MR) is 29.3 cm³/mol. The van der Waals surface area contributed by atoms with Gasteiger partial charge in [0, 0.05) is 6.04 Å². The molecule has 3 N–H and O–H groups in total. The third-order valence-corrected chi connectivity index (χ3v) is 1.57. The van der Waals surface area contributed by atoms with Crippen LogP contribution in [0.25, 0.3) is 0 Å². The van der Waals surface area contributed by atoms with E-state index in [1.165, 1.54) is 0 Å². The van der Waals surface area contributed by atoms with E-state index in [0.717, 1.165) is 12.8 Å². The minimum absolute atomic E-state index is 0.130. The van der Waals surface area contributed by atoms with Crippen molar-refractivity contribution in [3.8, 4) is 0 Å². The van der Waals surface area contributed by atoms with Gasteiger partial charge >= 0.3 is 0 Å². The number of hydrogen-bond donors (Lipinski definition) is 2. The largest absolute Gasteiger partial charge is 0.274 e. The van der Waals surface area contributed by atoms with E-state index >= 15 is 0 Å². The highest BCUT2D eigenvalue weighted by atomic mass is 32.2. The molecule has 0 amide bonds. The molecule has 0 radical (unpaired) electrons. The molecule has 48 valence electrons. The van der Waals surface area contributed by atoms with E-state index in [-0.39, 0.29) is 6.04 Å². The van der Waals surface area contributed by atoms with Crippen molar-refractivity contribution < 1.29 is 8.42 Å². The Hall–Kier alpha value is -0.130. The van der Waals surface area contributed by atoms with Crippen LogP contribution in [0, 0.1) is 0 Å². The molecule has 0 aliphatic heterocycles. The van der Waals surface area contributed by atoms with Gasteiger partial charge in [-0.2, -0.15) is 13.1 Å². The summed E-state index contributed by atoms with van der Waals surface area (Å²) < 4.78 is 22.5. The second kappa shape index (κ2) is 1.68. The van der Waals surface area contributed by atoms with Crippen molar-refractivity contribution in [3.63, 3.8) is 0 Å².